The molecular formula is C16H32N2O7. The van der Waals surface area contributed by atoms with Crippen LogP contribution in [0.1, 0.15) is 13.8 Å². The molecule has 0 aliphatic heterocycles. The predicted octanol–water partition coefficient (Wildman–Crippen LogP) is -0.658. The van der Waals surface area contributed by atoms with Crippen LogP contribution in [-0.4, -0.2) is 91.0 Å². The summed E-state index contributed by atoms with van der Waals surface area (Å²) >= 11 is 0. The van der Waals surface area contributed by atoms with Crippen molar-refractivity contribution in [1.82, 2.24) is 10.6 Å². The molecule has 0 radical (unpaired) electrons. The second-order valence-electron chi connectivity index (χ2n) is 4.81. The topological polar surface area (TPSA) is 104 Å². The van der Waals surface area contributed by atoms with Gasteiger partial charge in [0.25, 0.3) is 0 Å². The fraction of sp³-hybridized carbons (Fsp3) is 0.875. The second-order valence-corrected chi connectivity index (χ2v) is 4.81. The minimum atomic E-state index is -0.291. The normalized spacial score (nSPS) is 10.6. The molecule has 0 aliphatic carbocycles. The van der Waals surface area contributed by atoms with Gasteiger partial charge >= 0.3 is 0 Å². The first-order valence-electron chi connectivity index (χ1n) is 8.62. The fourth-order valence-electron chi connectivity index (χ4n) is 1.59. The molecule has 148 valence electrons. The number of ether oxygens (including phenoxy) is 5. The number of carbonyl (C=O) groups is 2. The number of rotatable bonds is 18. The van der Waals surface area contributed by atoms with E-state index in [1.807, 2.05) is 13.8 Å². The van der Waals surface area contributed by atoms with Crippen molar-refractivity contribution < 1.29 is 33.3 Å². The lowest BCUT2D eigenvalue weighted by Crippen LogP contribution is -2.34. The monoisotopic (exact) mass is 364 g/mol. The molecule has 0 saturated carbocycles. The van der Waals surface area contributed by atoms with Crippen molar-refractivity contribution in [2.75, 3.05) is 79.2 Å². The Morgan fingerprint density at radius 2 is 1.00 bits per heavy atom. The maximum Gasteiger partial charge on any atom is 0.246 e. The molecule has 0 heterocycles. The van der Waals surface area contributed by atoms with Crippen LogP contribution in [0.5, 0.6) is 0 Å². The molecule has 0 saturated heterocycles. The molecule has 0 aromatic carbocycles. The van der Waals surface area contributed by atoms with Crippen LogP contribution in [0.25, 0.3) is 0 Å². The quantitative estimate of drug-likeness (QED) is 0.311. The van der Waals surface area contributed by atoms with E-state index in [-0.39, 0.29) is 25.0 Å². The van der Waals surface area contributed by atoms with Gasteiger partial charge in [-0.3, -0.25) is 9.59 Å². The average molecular weight is 364 g/mol. The average Bonchev–Trinajstić information content (AvgIpc) is 2.60. The Bertz CT molecular complexity index is 300. The first kappa shape index (κ1) is 23.7. The summed E-state index contributed by atoms with van der Waals surface area (Å²) in [6.45, 7) is 8.47. The first-order valence-corrected chi connectivity index (χ1v) is 8.62. The standard InChI is InChI=1S/C16H32N2O7/c1-3-21-9-11-23-7-5-17-15(19)13-25-14-16(20)18-6-8-24-12-10-22-4-2/h3-14H2,1-2H3,(H,17,19)(H,18,20). The van der Waals surface area contributed by atoms with Crippen LogP contribution in [-0.2, 0) is 33.3 Å². The van der Waals surface area contributed by atoms with Gasteiger partial charge in [-0.1, -0.05) is 0 Å². The largest absolute Gasteiger partial charge is 0.379 e. The highest BCUT2D eigenvalue weighted by molar-refractivity contribution is 5.79. The molecular weight excluding hydrogens is 332 g/mol. The van der Waals surface area contributed by atoms with Crippen molar-refractivity contribution in [3.05, 3.63) is 0 Å². The highest BCUT2D eigenvalue weighted by atomic mass is 16.5. The Labute approximate surface area is 149 Å². The van der Waals surface area contributed by atoms with Crippen LogP contribution in [0.2, 0.25) is 0 Å². The smallest absolute Gasteiger partial charge is 0.246 e. The summed E-state index contributed by atoms with van der Waals surface area (Å²) < 4.78 is 25.8. The zero-order valence-electron chi connectivity index (χ0n) is 15.3. The molecule has 0 spiro atoms. The minimum absolute atomic E-state index is 0.169. The Morgan fingerprint density at radius 3 is 1.40 bits per heavy atom. The summed E-state index contributed by atoms with van der Waals surface area (Å²) in [5.74, 6) is -0.582. The van der Waals surface area contributed by atoms with Crippen LogP contribution in [0.15, 0.2) is 0 Å². The lowest BCUT2D eigenvalue weighted by Gasteiger charge is -2.08. The van der Waals surface area contributed by atoms with E-state index in [4.69, 9.17) is 23.7 Å². The summed E-state index contributed by atoms with van der Waals surface area (Å²) in [6.07, 6.45) is 0. The lowest BCUT2D eigenvalue weighted by molar-refractivity contribution is -0.131. The molecule has 0 aromatic heterocycles. The molecule has 2 amide bonds. The summed E-state index contributed by atoms with van der Waals surface area (Å²) in [5, 5.41) is 5.26. The number of amides is 2. The highest BCUT2D eigenvalue weighted by Crippen LogP contribution is 1.81. The van der Waals surface area contributed by atoms with Crippen molar-refractivity contribution in [3.8, 4) is 0 Å². The third kappa shape index (κ3) is 18.9. The molecule has 9 nitrogen and oxygen atoms in total. The molecule has 2 N–H and O–H groups in total. The van der Waals surface area contributed by atoms with Crippen molar-refractivity contribution in [2.24, 2.45) is 0 Å². The van der Waals surface area contributed by atoms with E-state index in [9.17, 15) is 9.59 Å². The van der Waals surface area contributed by atoms with Gasteiger partial charge in [-0.05, 0) is 13.8 Å². The number of hydrogen-bond donors (Lipinski definition) is 2. The summed E-state index contributed by atoms with van der Waals surface area (Å²) in [6, 6.07) is 0. The van der Waals surface area contributed by atoms with Crippen molar-refractivity contribution in [1.29, 1.82) is 0 Å². The number of nitrogens with one attached hydrogen (secondary N) is 2. The van der Waals surface area contributed by atoms with Crippen molar-refractivity contribution in [3.63, 3.8) is 0 Å². The third-order valence-electron chi connectivity index (χ3n) is 2.76. The van der Waals surface area contributed by atoms with Crippen LogP contribution < -0.4 is 10.6 Å². The van der Waals surface area contributed by atoms with Gasteiger partial charge < -0.3 is 34.3 Å². The highest BCUT2D eigenvalue weighted by Gasteiger charge is 2.04. The van der Waals surface area contributed by atoms with Crippen LogP contribution >= 0.6 is 0 Å². The van der Waals surface area contributed by atoms with Gasteiger partial charge in [0, 0.05) is 26.3 Å². The molecule has 0 fully saturated rings. The Morgan fingerprint density at radius 1 is 0.600 bits per heavy atom. The van der Waals surface area contributed by atoms with Crippen molar-refractivity contribution in [2.45, 2.75) is 13.8 Å². The van der Waals surface area contributed by atoms with E-state index >= 15 is 0 Å². The Kier molecular flexibility index (Phi) is 18.1. The van der Waals surface area contributed by atoms with Crippen LogP contribution in [0.3, 0.4) is 0 Å². The maximum absolute atomic E-state index is 11.5. The molecule has 25 heavy (non-hydrogen) atoms. The lowest BCUT2D eigenvalue weighted by atomic mass is 10.5. The molecule has 0 aliphatic rings. The molecule has 9 heteroatoms. The maximum atomic E-state index is 11.5. The molecule has 0 atom stereocenters. The number of hydrogen-bond acceptors (Lipinski definition) is 7. The molecule has 0 aromatic rings. The zero-order chi connectivity index (χ0) is 18.6. The SMILES string of the molecule is CCOCCOCCNC(=O)COCC(=O)NCCOCCOCC. The summed E-state index contributed by atoms with van der Waals surface area (Å²) in [5.41, 5.74) is 0. The van der Waals surface area contributed by atoms with E-state index in [1.165, 1.54) is 0 Å². The Hall–Kier alpha value is -1.26. The van der Waals surface area contributed by atoms with Gasteiger partial charge in [0.15, 0.2) is 0 Å². The van der Waals surface area contributed by atoms with Gasteiger partial charge in [-0.25, -0.2) is 0 Å². The first-order chi connectivity index (χ1) is 12.2. The molecule has 0 unspecified atom stereocenters. The van der Waals surface area contributed by atoms with Crippen LogP contribution in [0, 0.1) is 0 Å². The molecule has 0 rings (SSSR count). The van der Waals surface area contributed by atoms with Gasteiger partial charge in [0.05, 0.1) is 39.6 Å². The van der Waals surface area contributed by atoms with Gasteiger partial charge in [-0.15, -0.1) is 0 Å². The van der Waals surface area contributed by atoms with E-state index in [1.54, 1.807) is 0 Å². The van der Waals surface area contributed by atoms with E-state index in [2.05, 4.69) is 10.6 Å². The van der Waals surface area contributed by atoms with E-state index in [0.717, 1.165) is 0 Å². The summed E-state index contributed by atoms with van der Waals surface area (Å²) in [4.78, 5) is 22.9. The van der Waals surface area contributed by atoms with Crippen molar-refractivity contribution >= 4 is 11.8 Å². The Balaban J connectivity index is 3.32. The van der Waals surface area contributed by atoms with Crippen LogP contribution in [0.4, 0.5) is 0 Å². The van der Waals surface area contributed by atoms with Gasteiger partial charge in [0.1, 0.15) is 13.2 Å². The summed E-state index contributed by atoms with van der Waals surface area (Å²) in [7, 11) is 0. The second kappa shape index (κ2) is 19.1. The van der Waals surface area contributed by atoms with Gasteiger partial charge in [-0.2, -0.15) is 0 Å². The number of carbonyl (C=O) groups excluding carboxylic acids is 2. The third-order valence-corrected chi connectivity index (χ3v) is 2.76. The van der Waals surface area contributed by atoms with E-state index in [0.29, 0.717) is 65.9 Å². The van der Waals surface area contributed by atoms with E-state index < -0.39 is 0 Å². The molecule has 0 bridgehead atoms. The van der Waals surface area contributed by atoms with Gasteiger partial charge in [0.2, 0.25) is 11.8 Å². The fourth-order valence-corrected chi connectivity index (χ4v) is 1.59. The zero-order valence-corrected chi connectivity index (χ0v) is 15.3. The predicted molar refractivity (Wildman–Crippen MR) is 91.5 cm³/mol. The minimum Gasteiger partial charge on any atom is -0.379 e.